The van der Waals surface area contributed by atoms with Gasteiger partial charge in [0.1, 0.15) is 11.5 Å². The molecule has 2 rings (SSSR count). The Morgan fingerprint density at radius 3 is 1.44 bits per heavy atom. The van der Waals surface area contributed by atoms with Gasteiger partial charge in [0.2, 0.25) is 0 Å². The number of hydrogen-bond donors (Lipinski definition) is 0. The molecule has 0 spiro atoms. The summed E-state index contributed by atoms with van der Waals surface area (Å²) in [5, 5.41) is 0. The van der Waals surface area contributed by atoms with Crippen molar-refractivity contribution in [3.8, 4) is 11.5 Å². The number of hydrogen-bond acceptors (Lipinski definition) is 3. The predicted octanol–water partition coefficient (Wildman–Crippen LogP) is 6.57. The van der Waals surface area contributed by atoms with Crippen LogP contribution in [-0.4, -0.2) is 11.6 Å². The molecule has 0 aliphatic carbocycles. The van der Waals surface area contributed by atoms with Crippen molar-refractivity contribution in [3.63, 3.8) is 0 Å². The third-order valence-electron chi connectivity index (χ3n) is 4.67. The van der Waals surface area contributed by atoms with Gasteiger partial charge in [0.25, 0.3) is 0 Å². The fourth-order valence-corrected chi connectivity index (χ4v) is 3.16. The van der Waals surface area contributed by atoms with Gasteiger partial charge in [-0.1, -0.05) is 40.5 Å². The van der Waals surface area contributed by atoms with Crippen molar-refractivity contribution < 1.29 is 14.3 Å². The molecule has 0 fully saturated rings. The number of ketones is 2. The van der Waals surface area contributed by atoms with Crippen molar-refractivity contribution in [1.29, 1.82) is 0 Å². The number of Topliss-reactive ketones (excluding diaryl/α,β-unsaturated/α-hetero) is 2. The van der Waals surface area contributed by atoms with Gasteiger partial charge in [-0.15, -0.1) is 0 Å². The minimum atomic E-state index is 0.146. The summed E-state index contributed by atoms with van der Waals surface area (Å²) < 4.78 is 6.26. The molecule has 0 aliphatic heterocycles. The standard InChI is InChI=1S/C24H30O3/c1-5-9-19-15-17(21(25)7-3)11-13-23(19)27-24-14-12-18(22(26)8-4)16-20(24)10-6-2/h11-16H,5-10H2,1-4H3. The Hall–Kier alpha value is -2.42. The fraction of sp³-hybridized carbons (Fsp3) is 0.417. The van der Waals surface area contributed by atoms with Crippen LogP contribution in [0, 0.1) is 0 Å². The number of carbonyl (C=O) groups is 2. The lowest BCUT2D eigenvalue weighted by molar-refractivity contribution is 0.0980. The van der Waals surface area contributed by atoms with E-state index >= 15 is 0 Å². The van der Waals surface area contributed by atoms with Crippen molar-refractivity contribution in [2.45, 2.75) is 66.2 Å². The summed E-state index contributed by atoms with van der Waals surface area (Å²) in [5.74, 6) is 1.87. The molecule has 27 heavy (non-hydrogen) atoms. The normalized spacial score (nSPS) is 10.7. The van der Waals surface area contributed by atoms with Crippen LogP contribution in [0.15, 0.2) is 36.4 Å². The zero-order valence-electron chi connectivity index (χ0n) is 16.9. The van der Waals surface area contributed by atoms with Crippen molar-refractivity contribution in [3.05, 3.63) is 58.7 Å². The third-order valence-corrected chi connectivity index (χ3v) is 4.67. The summed E-state index contributed by atoms with van der Waals surface area (Å²) in [6.07, 6.45) is 4.67. The van der Waals surface area contributed by atoms with E-state index in [0.717, 1.165) is 59.4 Å². The second-order valence-electron chi connectivity index (χ2n) is 6.80. The number of carbonyl (C=O) groups excluding carboxylic acids is 2. The largest absolute Gasteiger partial charge is 0.457 e. The van der Waals surface area contributed by atoms with Gasteiger partial charge in [0.15, 0.2) is 11.6 Å². The number of aryl methyl sites for hydroxylation is 2. The number of benzene rings is 2. The first-order valence-electron chi connectivity index (χ1n) is 10.0. The van der Waals surface area contributed by atoms with Crippen LogP contribution in [0.4, 0.5) is 0 Å². The highest BCUT2D eigenvalue weighted by atomic mass is 16.5. The predicted molar refractivity (Wildman–Crippen MR) is 110 cm³/mol. The highest BCUT2D eigenvalue weighted by Gasteiger charge is 2.13. The molecule has 2 aromatic carbocycles. The molecule has 0 aromatic heterocycles. The SMILES string of the molecule is CCCc1cc(C(=O)CC)ccc1Oc1ccc(C(=O)CC)cc1CCC. The van der Waals surface area contributed by atoms with Crippen LogP contribution in [0.25, 0.3) is 0 Å². The molecule has 144 valence electrons. The summed E-state index contributed by atoms with van der Waals surface area (Å²) in [4.78, 5) is 24.1. The van der Waals surface area contributed by atoms with E-state index in [1.54, 1.807) is 0 Å². The average Bonchev–Trinajstić information content (AvgIpc) is 2.69. The van der Waals surface area contributed by atoms with Crippen LogP contribution < -0.4 is 4.74 Å². The fourth-order valence-electron chi connectivity index (χ4n) is 3.16. The van der Waals surface area contributed by atoms with Gasteiger partial charge in [0.05, 0.1) is 0 Å². The van der Waals surface area contributed by atoms with Gasteiger partial charge in [-0.25, -0.2) is 0 Å². The highest BCUT2D eigenvalue weighted by molar-refractivity contribution is 5.96. The smallest absolute Gasteiger partial charge is 0.162 e. The Labute approximate surface area is 162 Å². The Morgan fingerprint density at radius 2 is 1.11 bits per heavy atom. The van der Waals surface area contributed by atoms with Crippen LogP contribution in [-0.2, 0) is 12.8 Å². The topological polar surface area (TPSA) is 43.4 Å². The summed E-state index contributed by atoms with van der Waals surface area (Å²) in [6.45, 7) is 7.99. The van der Waals surface area contributed by atoms with E-state index in [0.29, 0.717) is 12.8 Å². The second kappa shape index (κ2) is 10.1. The molecule has 0 amide bonds. The lowest BCUT2D eigenvalue weighted by Gasteiger charge is -2.16. The molecule has 3 heteroatoms. The molecule has 0 bridgehead atoms. The van der Waals surface area contributed by atoms with Crippen LogP contribution >= 0.6 is 0 Å². The van der Waals surface area contributed by atoms with Crippen molar-refractivity contribution in [2.75, 3.05) is 0 Å². The maximum Gasteiger partial charge on any atom is 0.162 e. The zero-order valence-corrected chi connectivity index (χ0v) is 16.9. The third kappa shape index (κ3) is 5.29. The zero-order chi connectivity index (χ0) is 19.8. The molecule has 0 heterocycles. The first-order chi connectivity index (χ1) is 13.0. The van der Waals surface area contributed by atoms with Crippen molar-refractivity contribution in [1.82, 2.24) is 0 Å². The molecule has 0 saturated heterocycles. The molecule has 0 N–H and O–H groups in total. The first-order valence-corrected chi connectivity index (χ1v) is 10.0. The lowest BCUT2D eigenvalue weighted by Crippen LogP contribution is -2.02. The van der Waals surface area contributed by atoms with E-state index in [1.165, 1.54) is 0 Å². The Bertz CT molecular complexity index is 738. The molecule has 0 unspecified atom stereocenters. The van der Waals surface area contributed by atoms with Crippen LogP contribution in [0.2, 0.25) is 0 Å². The van der Waals surface area contributed by atoms with E-state index < -0.39 is 0 Å². The average molecular weight is 367 g/mol. The van der Waals surface area contributed by atoms with Gasteiger partial charge in [-0.2, -0.15) is 0 Å². The second-order valence-corrected chi connectivity index (χ2v) is 6.80. The Morgan fingerprint density at radius 1 is 0.704 bits per heavy atom. The lowest BCUT2D eigenvalue weighted by atomic mass is 10.0. The molecule has 0 saturated carbocycles. The van der Waals surface area contributed by atoms with Crippen molar-refractivity contribution >= 4 is 11.6 Å². The molecule has 2 aromatic rings. The molecule has 0 aliphatic rings. The Balaban J connectivity index is 2.39. The molecular weight excluding hydrogens is 336 g/mol. The summed E-state index contributed by atoms with van der Waals surface area (Å²) in [5.41, 5.74) is 3.58. The quantitative estimate of drug-likeness (QED) is 0.447. The molecule has 3 nitrogen and oxygen atoms in total. The number of rotatable bonds is 10. The van der Waals surface area contributed by atoms with E-state index in [-0.39, 0.29) is 11.6 Å². The highest BCUT2D eigenvalue weighted by Crippen LogP contribution is 2.31. The summed E-state index contributed by atoms with van der Waals surface area (Å²) in [6, 6.07) is 11.4. The monoisotopic (exact) mass is 366 g/mol. The van der Waals surface area contributed by atoms with Crippen LogP contribution in [0.1, 0.15) is 85.2 Å². The van der Waals surface area contributed by atoms with Gasteiger partial charge >= 0.3 is 0 Å². The van der Waals surface area contributed by atoms with Crippen LogP contribution in [0.5, 0.6) is 11.5 Å². The van der Waals surface area contributed by atoms with E-state index in [1.807, 2.05) is 50.2 Å². The van der Waals surface area contributed by atoms with Gasteiger partial charge < -0.3 is 4.74 Å². The maximum atomic E-state index is 12.0. The molecule has 0 atom stereocenters. The minimum Gasteiger partial charge on any atom is -0.457 e. The van der Waals surface area contributed by atoms with E-state index in [2.05, 4.69) is 13.8 Å². The van der Waals surface area contributed by atoms with Crippen molar-refractivity contribution in [2.24, 2.45) is 0 Å². The van der Waals surface area contributed by atoms with Gasteiger partial charge in [0, 0.05) is 24.0 Å². The molecule has 0 radical (unpaired) electrons. The van der Waals surface area contributed by atoms with E-state index in [9.17, 15) is 9.59 Å². The van der Waals surface area contributed by atoms with E-state index in [4.69, 9.17) is 4.74 Å². The summed E-state index contributed by atoms with van der Waals surface area (Å²) >= 11 is 0. The first kappa shape index (κ1) is 20.9. The minimum absolute atomic E-state index is 0.146. The van der Waals surface area contributed by atoms with Gasteiger partial charge in [-0.05, 0) is 60.4 Å². The Kier molecular flexibility index (Phi) is 7.78. The maximum absolute atomic E-state index is 12.0. The molecular formula is C24H30O3. The number of ether oxygens (including phenoxy) is 1. The van der Waals surface area contributed by atoms with Crippen LogP contribution in [0.3, 0.4) is 0 Å². The summed E-state index contributed by atoms with van der Waals surface area (Å²) in [7, 11) is 0. The van der Waals surface area contributed by atoms with Gasteiger partial charge in [-0.3, -0.25) is 9.59 Å².